The second kappa shape index (κ2) is 5.27. The van der Waals surface area contributed by atoms with E-state index in [1.807, 2.05) is 0 Å². The molecule has 0 saturated carbocycles. The number of hydrogen-bond acceptors (Lipinski definition) is 2. The molecule has 1 aliphatic rings. The number of benzene rings is 1. The van der Waals surface area contributed by atoms with Gasteiger partial charge in [-0.25, -0.2) is 0 Å². The summed E-state index contributed by atoms with van der Waals surface area (Å²) in [4.78, 5) is 2.51. The minimum atomic E-state index is 0.599. The maximum Gasteiger partial charge on any atom is 0.0359 e. The van der Waals surface area contributed by atoms with Crippen LogP contribution in [0.15, 0.2) is 24.3 Å². The second-order valence-electron chi connectivity index (χ2n) is 4.00. The lowest BCUT2D eigenvalue weighted by atomic mass is 10.0. The maximum atomic E-state index is 5.64. The van der Waals surface area contributed by atoms with Crippen LogP contribution in [0.4, 0.5) is 0 Å². The lowest BCUT2D eigenvalue weighted by molar-refractivity contribution is 0.264. The summed E-state index contributed by atoms with van der Waals surface area (Å²) in [5.74, 6) is 0. The van der Waals surface area contributed by atoms with Gasteiger partial charge in [-0.15, -0.1) is 0 Å². The van der Waals surface area contributed by atoms with E-state index in [0.29, 0.717) is 6.04 Å². The normalized spacial score (nSPS) is 22.1. The molecule has 82 valence electrons. The third kappa shape index (κ3) is 2.52. The zero-order chi connectivity index (χ0) is 10.7. The van der Waals surface area contributed by atoms with E-state index in [2.05, 4.69) is 51.8 Å². The molecule has 0 bridgehead atoms. The zero-order valence-corrected chi connectivity index (χ0v) is 11.0. The van der Waals surface area contributed by atoms with Gasteiger partial charge in [-0.05, 0) is 53.6 Å². The van der Waals surface area contributed by atoms with Gasteiger partial charge in [-0.3, -0.25) is 4.90 Å². The fourth-order valence-electron chi connectivity index (χ4n) is 2.36. The summed E-state index contributed by atoms with van der Waals surface area (Å²) in [6, 6.07) is 9.28. The molecule has 2 rings (SSSR count). The van der Waals surface area contributed by atoms with Gasteiger partial charge in [0.05, 0.1) is 0 Å². The van der Waals surface area contributed by atoms with Crippen LogP contribution in [0.2, 0.25) is 0 Å². The average molecular weight is 316 g/mol. The van der Waals surface area contributed by atoms with Crippen molar-refractivity contribution in [2.75, 3.05) is 19.6 Å². The van der Waals surface area contributed by atoms with Crippen LogP contribution < -0.4 is 5.73 Å². The summed E-state index contributed by atoms with van der Waals surface area (Å²) < 4.78 is 1.38. The van der Waals surface area contributed by atoms with Crippen molar-refractivity contribution in [3.63, 3.8) is 0 Å². The van der Waals surface area contributed by atoms with Crippen molar-refractivity contribution < 1.29 is 0 Å². The number of hydrogen-bond donors (Lipinski definition) is 1. The predicted molar refractivity (Wildman–Crippen MR) is 71.8 cm³/mol. The molecule has 1 aliphatic heterocycles. The van der Waals surface area contributed by atoms with Gasteiger partial charge in [0.25, 0.3) is 0 Å². The molecule has 1 unspecified atom stereocenters. The van der Waals surface area contributed by atoms with E-state index in [1.54, 1.807) is 0 Å². The molecule has 1 heterocycles. The van der Waals surface area contributed by atoms with Crippen molar-refractivity contribution in [1.82, 2.24) is 4.90 Å². The lowest BCUT2D eigenvalue weighted by Gasteiger charge is -2.24. The number of nitrogens with zero attached hydrogens (tertiary/aromatic N) is 1. The van der Waals surface area contributed by atoms with Gasteiger partial charge in [-0.2, -0.15) is 0 Å². The van der Waals surface area contributed by atoms with E-state index in [1.165, 1.54) is 28.5 Å². The Balaban J connectivity index is 2.19. The quantitative estimate of drug-likeness (QED) is 0.868. The third-order valence-corrected chi connectivity index (χ3v) is 4.03. The van der Waals surface area contributed by atoms with Gasteiger partial charge in [0.15, 0.2) is 0 Å². The Labute approximate surface area is 105 Å². The van der Waals surface area contributed by atoms with Crippen LogP contribution in [0.3, 0.4) is 0 Å². The summed E-state index contributed by atoms with van der Waals surface area (Å²) >= 11 is 2.43. The van der Waals surface area contributed by atoms with Crippen LogP contribution in [-0.4, -0.2) is 24.5 Å². The third-order valence-electron chi connectivity index (χ3n) is 3.04. The maximum absolute atomic E-state index is 5.64. The Hall–Kier alpha value is -0.130. The molecule has 0 aliphatic carbocycles. The molecule has 0 radical (unpaired) electrons. The first-order valence-corrected chi connectivity index (χ1v) is 6.59. The summed E-state index contributed by atoms with van der Waals surface area (Å²) in [6.07, 6.45) is 2.58. The first kappa shape index (κ1) is 11.4. The molecule has 1 aromatic rings. The number of likely N-dealkylation sites (tertiary alicyclic amines) is 1. The van der Waals surface area contributed by atoms with Crippen LogP contribution >= 0.6 is 22.6 Å². The second-order valence-corrected chi connectivity index (χ2v) is 5.17. The highest BCUT2D eigenvalue weighted by Crippen LogP contribution is 2.33. The van der Waals surface area contributed by atoms with Crippen LogP contribution in [0.5, 0.6) is 0 Å². The van der Waals surface area contributed by atoms with Crippen molar-refractivity contribution in [3.05, 3.63) is 33.4 Å². The molecule has 0 amide bonds. The number of halogens is 1. The number of rotatable bonds is 3. The van der Waals surface area contributed by atoms with Gasteiger partial charge in [-0.1, -0.05) is 18.2 Å². The van der Waals surface area contributed by atoms with Crippen molar-refractivity contribution in [1.29, 1.82) is 0 Å². The molecule has 1 fully saturated rings. The molecule has 1 saturated heterocycles. The molecule has 1 aromatic carbocycles. The minimum absolute atomic E-state index is 0.599. The first-order chi connectivity index (χ1) is 7.33. The first-order valence-electron chi connectivity index (χ1n) is 5.51. The average Bonchev–Trinajstić information content (AvgIpc) is 2.67. The largest absolute Gasteiger partial charge is 0.329 e. The molecule has 2 nitrogen and oxygen atoms in total. The van der Waals surface area contributed by atoms with E-state index in [9.17, 15) is 0 Å². The molecular formula is C12H17IN2. The highest BCUT2D eigenvalue weighted by Gasteiger charge is 2.26. The van der Waals surface area contributed by atoms with Crippen LogP contribution in [0, 0.1) is 3.57 Å². The molecule has 3 heteroatoms. The van der Waals surface area contributed by atoms with Crippen LogP contribution in [-0.2, 0) is 0 Å². The van der Waals surface area contributed by atoms with E-state index in [0.717, 1.165) is 13.1 Å². The van der Waals surface area contributed by atoms with Gasteiger partial charge in [0.2, 0.25) is 0 Å². The molecule has 0 aromatic heterocycles. The Bertz CT molecular complexity index is 327. The van der Waals surface area contributed by atoms with Crippen molar-refractivity contribution >= 4 is 22.6 Å². The lowest BCUT2D eigenvalue weighted by Crippen LogP contribution is -2.29. The van der Waals surface area contributed by atoms with Gasteiger partial charge < -0.3 is 5.73 Å². The standard InChI is InChI=1S/C12H17IN2/c13-11-5-2-1-4-10(11)12-6-3-8-15(12)9-7-14/h1-2,4-5,12H,3,6-9,14H2. The van der Waals surface area contributed by atoms with Crippen molar-refractivity contribution in [2.45, 2.75) is 18.9 Å². The Morgan fingerprint density at radius 1 is 1.40 bits per heavy atom. The predicted octanol–water partition coefficient (Wildman–Crippen LogP) is 2.39. The minimum Gasteiger partial charge on any atom is -0.329 e. The molecule has 2 N–H and O–H groups in total. The topological polar surface area (TPSA) is 29.3 Å². The smallest absolute Gasteiger partial charge is 0.0359 e. The Kier molecular flexibility index (Phi) is 3.99. The molecule has 1 atom stereocenters. The molecular weight excluding hydrogens is 299 g/mol. The summed E-state index contributed by atoms with van der Waals surface area (Å²) in [6.45, 7) is 2.99. The van der Waals surface area contributed by atoms with E-state index in [-0.39, 0.29) is 0 Å². The van der Waals surface area contributed by atoms with Gasteiger partial charge in [0, 0.05) is 22.7 Å². The van der Waals surface area contributed by atoms with E-state index >= 15 is 0 Å². The number of nitrogens with two attached hydrogens (primary N) is 1. The zero-order valence-electron chi connectivity index (χ0n) is 8.82. The summed E-state index contributed by atoms with van der Waals surface area (Å²) in [5, 5.41) is 0. The Morgan fingerprint density at radius 3 is 2.93 bits per heavy atom. The van der Waals surface area contributed by atoms with Gasteiger partial charge in [0.1, 0.15) is 0 Å². The van der Waals surface area contributed by atoms with Gasteiger partial charge >= 0.3 is 0 Å². The fourth-order valence-corrected chi connectivity index (χ4v) is 3.10. The van der Waals surface area contributed by atoms with Crippen LogP contribution in [0.25, 0.3) is 0 Å². The molecule has 15 heavy (non-hydrogen) atoms. The SMILES string of the molecule is NCCN1CCCC1c1ccccc1I. The van der Waals surface area contributed by atoms with Crippen molar-refractivity contribution in [2.24, 2.45) is 5.73 Å². The monoisotopic (exact) mass is 316 g/mol. The van der Waals surface area contributed by atoms with Crippen molar-refractivity contribution in [3.8, 4) is 0 Å². The molecule has 0 spiro atoms. The highest BCUT2D eigenvalue weighted by molar-refractivity contribution is 14.1. The Morgan fingerprint density at radius 2 is 2.20 bits per heavy atom. The van der Waals surface area contributed by atoms with Crippen LogP contribution in [0.1, 0.15) is 24.4 Å². The van der Waals surface area contributed by atoms with E-state index in [4.69, 9.17) is 5.73 Å². The highest BCUT2D eigenvalue weighted by atomic mass is 127. The summed E-state index contributed by atoms with van der Waals surface area (Å²) in [5.41, 5.74) is 7.12. The fraction of sp³-hybridized carbons (Fsp3) is 0.500. The van der Waals surface area contributed by atoms with E-state index < -0.39 is 0 Å². The summed E-state index contributed by atoms with van der Waals surface area (Å²) in [7, 11) is 0.